The van der Waals surface area contributed by atoms with E-state index < -0.39 is 28.6 Å². The van der Waals surface area contributed by atoms with Crippen molar-refractivity contribution >= 4 is 31.9 Å². The normalized spacial score (nSPS) is 13.2. The van der Waals surface area contributed by atoms with E-state index in [-0.39, 0.29) is 4.90 Å². The van der Waals surface area contributed by atoms with Crippen LogP contribution in [0.5, 0.6) is 5.75 Å². The summed E-state index contributed by atoms with van der Waals surface area (Å²) in [5, 5.41) is 8.94. The molecule has 0 saturated carbocycles. The van der Waals surface area contributed by atoms with Crippen molar-refractivity contribution in [2.45, 2.75) is 31.2 Å². The molecule has 118 valence electrons. The number of methoxy groups -OCH3 is 1. The summed E-state index contributed by atoms with van der Waals surface area (Å²) in [6.07, 6.45) is 0.518. The van der Waals surface area contributed by atoms with Crippen LogP contribution < -0.4 is 4.74 Å². The van der Waals surface area contributed by atoms with Crippen LogP contribution in [-0.4, -0.2) is 43.5 Å². The molecule has 0 aliphatic carbocycles. The van der Waals surface area contributed by atoms with Gasteiger partial charge in [-0.1, -0.05) is 6.92 Å². The van der Waals surface area contributed by atoms with Gasteiger partial charge in [0.2, 0.25) is 10.0 Å². The lowest BCUT2D eigenvalue weighted by atomic mass is 10.2. The summed E-state index contributed by atoms with van der Waals surface area (Å²) in [6.45, 7) is 2.92. The van der Waals surface area contributed by atoms with Crippen LogP contribution in [0.3, 0.4) is 0 Å². The van der Waals surface area contributed by atoms with E-state index in [1.165, 1.54) is 25.3 Å². The second-order valence-corrected chi connectivity index (χ2v) is 7.24. The van der Waals surface area contributed by atoms with Crippen molar-refractivity contribution in [3.63, 3.8) is 0 Å². The Morgan fingerprint density at radius 2 is 2.10 bits per heavy atom. The van der Waals surface area contributed by atoms with Gasteiger partial charge >= 0.3 is 5.97 Å². The van der Waals surface area contributed by atoms with Crippen molar-refractivity contribution in [1.82, 2.24) is 4.31 Å². The van der Waals surface area contributed by atoms with E-state index in [0.29, 0.717) is 16.6 Å². The highest BCUT2D eigenvalue weighted by Crippen LogP contribution is 2.29. The zero-order valence-electron chi connectivity index (χ0n) is 12.0. The minimum absolute atomic E-state index is 0.0247. The maximum atomic E-state index is 12.6. The highest BCUT2D eigenvalue weighted by atomic mass is 79.9. The number of aliphatic carboxylic acids is 1. The SMILES string of the molecule is CCC(C)N(CC(=O)O)S(=O)(=O)c1ccc(OC)c(Br)c1. The third-order valence-corrected chi connectivity index (χ3v) is 5.68. The second kappa shape index (κ2) is 7.24. The first-order valence-corrected chi connectivity index (χ1v) is 8.54. The number of ether oxygens (including phenoxy) is 1. The molecule has 0 bridgehead atoms. The van der Waals surface area contributed by atoms with Crippen LogP contribution in [0, 0.1) is 0 Å². The standard InChI is InChI=1S/C13H18BrNO5S/c1-4-9(2)15(8-13(16)17)21(18,19)10-5-6-12(20-3)11(14)7-10/h5-7,9H,4,8H2,1-3H3,(H,16,17). The van der Waals surface area contributed by atoms with Gasteiger partial charge in [-0.3, -0.25) is 4.79 Å². The van der Waals surface area contributed by atoms with E-state index in [2.05, 4.69) is 15.9 Å². The Hall–Kier alpha value is -1.12. The molecule has 1 aromatic carbocycles. The maximum absolute atomic E-state index is 12.6. The fourth-order valence-electron chi connectivity index (χ4n) is 1.76. The van der Waals surface area contributed by atoms with Crippen molar-refractivity contribution in [2.24, 2.45) is 0 Å². The lowest BCUT2D eigenvalue weighted by Crippen LogP contribution is -2.41. The zero-order valence-corrected chi connectivity index (χ0v) is 14.4. The van der Waals surface area contributed by atoms with Crippen molar-refractivity contribution in [3.8, 4) is 5.75 Å². The first-order chi connectivity index (χ1) is 9.73. The molecule has 0 aliphatic rings. The van der Waals surface area contributed by atoms with Gasteiger partial charge in [0.25, 0.3) is 0 Å². The number of sulfonamides is 1. The number of benzene rings is 1. The number of rotatable bonds is 7. The van der Waals surface area contributed by atoms with E-state index in [1.807, 2.05) is 0 Å². The van der Waals surface area contributed by atoms with Gasteiger partial charge in [-0.25, -0.2) is 8.42 Å². The Labute approximate surface area is 132 Å². The summed E-state index contributed by atoms with van der Waals surface area (Å²) in [4.78, 5) is 11.0. The van der Waals surface area contributed by atoms with Gasteiger partial charge in [-0.15, -0.1) is 0 Å². The van der Waals surface area contributed by atoms with E-state index >= 15 is 0 Å². The lowest BCUT2D eigenvalue weighted by molar-refractivity contribution is -0.137. The molecule has 1 unspecified atom stereocenters. The van der Waals surface area contributed by atoms with Crippen molar-refractivity contribution in [1.29, 1.82) is 0 Å². The predicted octanol–water partition coefficient (Wildman–Crippen LogP) is 2.33. The van der Waals surface area contributed by atoms with Gasteiger partial charge in [-0.2, -0.15) is 4.31 Å². The number of carboxylic acid groups (broad SMARTS) is 1. The number of carbonyl (C=O) groups is 1. The molecule has 0 amide bonds. The molecular weight excluding hydrogens is 362 g/mol. The summed E-state index contributed by atoms with van der Waals surface area (Å²) in [7, 11) is -2.41. The first-order valence-electron chi connectivity index (χ1n) is 6.31. The molecule has 0 aliphatic heterocycles. The van der Waals surface area contributed by atoms with Crippen molar-refractivity contribution < 1.29 is 23.1 Å². The number of carboxylic acids is 1. The number of hydrogen-bond acceptors (Lipinski definition) is 4. The van der Waals surface area contributed by atoms with Gasteiger partial charge < -0.3 is 9.84 Å². The maximum Gasteiger partial charge on any atom is 0.318 e. The van der Waals surface area contributed by atoms with Crippen LogP contribution in [-0.2, 0) is 14.8 Å². The van der Waals surface area contributed by atoms with Crippen molar-refractivity contribution in [2.75, 3.05) is 13.7 Å². The van der Waals surface area contributed by atoms with E-state index in [4.69, 9.17) is 9.84 Å². The van der Waals surface area contributed by atoms with Gasteiger partial charge in [0.05, 0.1) is 16.5 Å². The molecule has 21 heavy (non-hydrogen) atoms. The third-order valence-electron chi connectivity index (χ3n) is 3.10. The molecule has 0 saturated heterocycles. The van der Waals surface area contributed by atoms with Crippen molar-refractivity contribution in [3.05, 3.63) is 22.7 Å². The Bertz CT molecular complexity index is 617. The molecular formula is C13H18BrNO5S. The van der Waals surface area contributed by atoms with Gasteiger partial charge in [0.15, 0.2) is 0 Å². The molecule has 1 atom stereocenters. The average molecular weight is 380 g/mol. The highest BCUT2D eigenvalue weighted by Gasteiger charge is 2.30. The largest absolute Gasteiger partial charge is 0.496 e. The number of hydrogen-bond donors (Lipinski definition) is 1. The fourth-order valence-corrected chi connectivity index (χ4v) is 4.13. The molecule has 6 nitrogen and oxygen atoms in total. The summed E-state index contributed by atoms with van der Waals surface area (Å²) in [5.74, 6) is -0.686. The Balaban J connectivity index is 3.28. The van der Waals surface area contributed by atoms with Crippen LogP contribution in [0.25, 0.3) is 0 Å². The van der Waals surface area contributed by atoms with Crippen LogP contribution in [0.2, 0.25) is 0 Å². The Morgan fingerprint density at radius 1 is 1.48 bits per heavy atom. The second-order valence-electron chi connectivity index (χ2n) is 4.50. The van der Waals surface area contributed by atoms with Crippen LogP contribution in [0.1, 0.15) is 20.3 Å². The molecule has 0 fully saturated rings. The number of halogens is 1. The Kier molecular flexibility index (Phi) is 6.18. The topological polar surface area (TPSA) is 83.9 Å². The zero-order chi connectivity index (χ0) is 16.2. The van der Waals surface area contributed by atoms with Gasteiger partial charge in [0.1, 0.15) is 12.3 Å². The molecule has 8 heteroatoms. The van der Waals surface area contributed by atoms with Gasteiger partial charge in [-0.05, 0) is 47.5 Å². The summed E-state index contributed by atoms with van der Waals surface area (Å²) >= 11 is 3.23. The minimum Gasteiger partial charge on any atom is -0.496 e. The highest BCUT2D eigenvalue weighted by molar-refractivity contribution is 9.10. The first kappa shape index (κ1) is 17.9. The molecule has 0 heterocycles. The predicted molar refractivity (Wildman–Crippen MR) is 82.0 cm³/mol. The fraction of sp³-hybridized carbons (Fsp3) is 0.462. The van der Waals surface area contributed by atoms with E-state index in [0.717, 1.165) is 4.31 Å². The molecule has 0 aromatic heterocycles. The summed E-state index contributed by atoms with van der Waals surface area (Å²) < 4.78 is 31.8. The van der Waals surface area contributed by atoms with Crippen LogP contribution >= 0.6 is 15.9 Å². The van der Waals surface area contributed by atoms with E-state index in [9.17, 15) is 13.2 Å². The van der Waals surface area contributed by atoms with Crippen LogP contribution in [0.15, 0.2) is 27.6 Å². The van der Waals surface area contributed by atoms with Gasteiger partial charge in [0, 0.05) is 6.04 Å². The molecule has 0 spiro atoms. The molecule has 1 N–H and O–H groups in total. The summed E-state index contributed by atoms with van der Waals surface area (Å²) in [5.41, 5.74) is 0. The quantitative estimate of drug-likeness (QED) is 0.785. The number of nitrogens with zero attached hydrogens (tertiary/aromatic N) is 1. The monoisotopic (exact) mass is 379 g/mol. The smallest absolute Gasteiger partial charge is 0.318 e. The third kappa shape index (κ3) is 4.18. The molecule has 1 aromatic rings. The summed E-state index contributed by atoms with van der Waals surface area (Å²) in [6, 6.07) is 3.92. The average Bonchev–Trinajstić information content (AvgIpc) is 2.43. The lowest BCUT2D eigenvalue weighted by Gasteiger charge is -2.26. The molecule has 0 radical (unpaired) electrons. The Morgan fingerprint density at radius 3 is 2.52 bits per heavy atom. The van der Waals surface area contributed by atoms with E-state index in [1.54, 1.807) is 13.8 Å². The van der Waals surface area contributed by atoms with Crippen LogP contribution in [0.4, 0.5) is 0 Å². The minimum atomic E-state index is -3.89. The molecule has 1 rings (SSSR count).